The Morgan fingerprint density at radius 3 is 2.35 bits per heavy atom. The molecule has 1 N–H and O–H groups in total. The molecule has 1 aromatic heterocycles. The second-order valence-corrected chi connectivity index (χ2v) is 6.94. The first-order chi connectivity index (χ1) is 9.80. The highest BCUT2D eigenvalue weighted by atomic mass is 15.0. The minimum absolute atomic E-state index is 0.604. The molecule has 4 aliphatic rings. The van der Waals surface area contributed by atoms with Crippen LogP contribution >= 0.6 is 0 Å². The van der Waals surface area contributed by atoms with Gasteiger partial charge in [0.2, 0.25) is 0 Å². The Morgan fingerprint density at radius 2 is 1.80 bits per heavy atom. The van der Waals surface area contributed by atoms with Crippen LogP contribution in [-0.2, 0) is 0 Å². The number of nitrogens with zero attached hydrogens (tertiary/aromatic N) is 2. The summed E-state index contributed by atoms with van der Waals surface area (Å²) in [7, 11) is 1.85. The van der Waals surface area contributed by atoms with Gasteiger partial charge >= 0.3 is 0 Å². The molecule has 0 unspecified atom stereocenters. The lowest BCUT2D eigenvalue weighted by Crippen LogP contribution is -2.44. The van der Waals surface area contributed by atoms with E-state index in [1.807, 2.05) is 13.2 Å². The van der Waals surface area contributed by atoms with Crippen molar-refractivity contribution >= 4 is 5.82 Å². The molecule has 1 aromatic rings. The smallest absolute Gasteiger partial charge is 0.143 e. The van der Waals surface area contributed by atoms with E-state index in [1.165, 1.54) is 37.7 Å². The van der Waals surface area contributed by atoms with E-state index in [0.29, 0.717) is 5.92 Å². The first kappa shape index (κ1) is 12.2. The third kappa shape index (κ3) is 1.67. The second kappa shape index (κ2) is 4.48. The molecule has 0 atom stereocenters. The molecule has 0 saturated heterocycles. The maximum atomic E-state index is 9.56. The highest BCUT2D eigenvalue weighted by Crippen LogP contribution is 2.60. The Balaban J connectivity index is 1.77. The summed E-state index contributed by atoms with van der Waals surface area (Å²) < 4.78 is 0. The van der Waals surface area contributed by atoms with E-state index in [4.69, 9.17) is 0 Å². The number of pyridine rings is 1. The Morgan fingerprint density at radius 1 is 1.15 bits per heavy atom. The molecule has 4 bridgehead atoms. The molecule has 0 spiro atoms. The van der Waals surface area contributed by atoms with Gasteiger partial charge < -0.3 is 5.32 Å². The average Bonchev–Trinajstić information content (AvgIpc) is 2.45. The second-order valence-electron chi connectivity index (χ2n) is 6.94. The Kier molecular flexibility index (Phi) is 2.73. The predicted octanol–water partition coefficient (Wildman–Crippen LogP) is 3.53. The van der Waals surface area contributed by atoms with E-state index in [9.17, 15) is 5.26 Å². The fourth-order valence-corrected chi connectivity index (χ4v) is 5.49. The number of hydrogen-bond acceptors (Lipinski definition) is 3. The lowest BCUT2D eigenvalue weighted by molar-refractivity contribution is -0.00286. The molecule has 5 rings (SSSR count). The van der Waals surface area contributed by atoms with Crippen molar-refractivity contribution in [3.05, 3.63) is 23.4 Å². The molecular formula is C17H21N3. The van der Waals surface area contributed by atoms with E-state index in [-0.39, 0.29) is 0 Å². The molecule has 4 aliphatic carbocycles. The van der Waals surface area contributed by atoms with Gasteiger partial charge in [-0.3, -0.25) is 0 Å². The van der Waals surface area contributed by atoms with Crippen LogP contribution in [-0.4, -0.2) is 12.0 Å². The van der Waals surface area contributed by atoms with E-state index < -0.39 is 0 Å². The van der Waals surface area contributed by atoms with Crippen LogP contribution in [0, 0.1) is 35.0 Å². The van der Waals surface area contributed by atoms with Crippen molar-refractivity contribution in [1.82, 2.24) is 4.98 Å². The molecule has 3 nitrogen and oxygen atoms in total. The first-order valence-corrected chi connectivity index (χ1v) is 7.87. The minimum atomic E-state index is 0.604. The summed E-state index contributed by atoms with van der Waals surface area (Å²) in [6.45, 7) is 0. The topological polar surface area (TPSA) is 48.7 Å². The van der Waals surface area contributed by atoms with Gasteiger partial charge in [-0.2, -0.15) is 5.26 Å². The fourth-order valence-electron chi connectivity index (χ4n) is 5.49. The highest BCUT2D eigenvalue weighted by Gasteiger charge is 2.49. The summed E-state index contributed by atoms with van der Waals surface area (Å²) in [5.74, 6) is 4.93. The van der Waals surface area contributed by atoms with E-state index >= 15 is 0 Å². The summed E-state index contributed by atoms with van der Waals surface area (Å²) in [6.07, 6.45) is 8.90. The van der Waals surface area contributed by atoms with Crippen molar-refractivity contribution in [3.63, 3.8) is 0 Å². The standard InChI is InChI=1S/C17H21N3/c1-19-17-15(9-18)14(2-3-20-17)16-12-5-10-4-11(7-12)8-13(16)6-10/h2-3,10-13,16H,4-8H2,1H3,(H,19,20). The molecular weight excluding hydrogens is 246 g/mol. The van der Waals surface area contributed by atoms with Gasteiger partial charge in [-0.15, -0.1) is 0 Å². The number of rotatable bonds is 2. The lowest BCUT2D eigenvalue weighted by Gasteiger charge is -2.54. The molecule has 20 heavy (non-hydrogen) atoms. The maximum absolute atomic E-state index is 9.56. The van der Waals surface area contributed by atoms with Crippen molar-refractivity contribution in [2.24, 2.45) is 23.7 Å². The van der Waals surface area contributed by atoms with E-state index in [2.05, 4.69) is 22.4 Å². The monoisotopic (exact) mass is 267 g/mol. The average molecular weight is 267 g/mol. The van der Waals surface area contributed by atoms with Crippen LogP contribution < -0.4 is 5.32 Å². The third-order valence-electron chi connectivity index (χ3n) is 5.92. The molecule has 0 aliphatic heterocycles. The van der Waals surface area contributed by atoms with Crippen molar-refractivity contribution in [2.45, 2.75) is 38.0 Å². The molecule has 3 heteroatoms. The van der Waals surface area contributed by atoms with Crippen LogP contribution in [0.2, 0.25) is 0 Å². The molecule has 1 heterocycles. The minimum Gasteiger partial charge on any atom is -0.372 e. The number of nitrogens with one attached hydrogen (secondary N) is 1. The largest absolute Gasteiger partial charge is 0.372 e. The van der Waals surface area contributed by atoms with Crippen molar-refractivity contribution in [2.75, 3.05) is 12.4 Å². The van der Waals surface area contributed by atoms with Gasteiger partial charge in [-0.05, 0) is 73.3 Å². The Hall–Kier alpha value is -1.56. The highest BCUT2D eigenvalue weighted by molar-refractivity contribution is 5.56. The van der Waals surface area contributed by atoms with Crippen molar-refractivity contribution in [1.29, 1.82) is 5.26 Å². The number of hydrogen-bond donors (Lipinski definition) is 1. The molecule has 0 radical (unpaired) electrons. The van der Waals surface area contributed by atoms with Crippen molar-refractivity contribution < 1.29 is 0 Å². The summed E-state index contributed by atoms with van der Waals surface area (Å²) in [5.41, 5.74) is 2.05. The zero-order chi connectivity index (χ0) is 13.7. The Labute approximate surface area is 120 Å². The summed E-state index contributed by atoms with van der Waals surface area (Å²) in [5, 5.41) is 12.6. The molecule has 4 fully saturated rings. The normalized spacial score (nSPS) is 37.7. The quantitative estimate of drug-likeness (QED) is 0.891. The van der Waals surface area contributed by atoms with Gasteiger partial charge in [-0.25, -0.2) is 4.98 Å². The number of nitriles is 1. The van der Waals surface area contributed by atoms with Gasteiger partial charge in [0.05, 0.1) is 5.56 Å². The van der Waals surface area contributed by atoms with Crippen molar-refractivity contribution in [3.8, 4) is 6.07 Å². The van der Waals surface area contributed by atoms with Gasteiger partial charge in [0.1, 0.15) is 11.9 Å². The van der Waals surface area contributed by atoms with Crippen LogP contribution in [0.15, 0.2) is 12.3 Å². The summed E-state index contributed by atoms with van der Waals surface area (Å²) in [4.78, 5) is 4.31. The van der Waals surface area contributed by atoms with Gasteiger partial charge in [0.15, 0.2) is 0 Å². The van der Waals surface area contributed by atoms with Crippen LogP contribution in [0.25, 0.3) is 0 Å². The summed E-state index contributed by atoms with van der Waals surface area (Å²) in [6, 6.07) is 4.50. The van der Waals surface area contributed by atoms with Crippen LogP contribution in [0.4, 0.5) is 5.82 Å². The van der Waals surface area contributed by atoms with E-state index in [1.54, 1.807) is 0 Å². The first-order valence-electron chi connectivity index (χ1n) is 7.87. The van der Waals surface area contributed by atoms with Gasteiger partial charge in [0, 0.05) is 13.2 Å². The molecule has 104 valence electrons. The van der Waals surface area contributed by atoms with Gasteiger partial charge in [0.25, 0.3) is 0 Å². The van der Waals surface area contributed by atoms with Crippen LogP contribution in [0.3, 0.4) is 0 Å². The maximum Gasteiger partial charge on any atom is 0.143 e. The van der Waals surface area contributed by atoms with E-state index in [0.717, 1.165) is 35.1 Å². The zero-order valence-electron chi connectivity index (χ0n) is 12.0. The fraction of sp³-hybridized carbons (Fsp3) is 0.647. The lowest BCUT2D eigenvalue weighted by atomic mass is 9.50. The zero-order valence-corrected chi connectivity index (χ0v) is 12.0. The van der Waals surface area contributed by atoms with Crippen LogP contribution in [0.5, 0.6) is 0 Å². The SMILES string of the molecule is CNc1nccc(C2C3CC4CC(C3)CC2C4)c1C#N. The Bertz CT molecular complexity index is 544. The molecule has 4 saturated carbocycles. The van der Waals surface area contributed by atoms with Crippen LogP contribution in [0.1, 0.15) is 49.1 Å². The summed E-state index contributed by atoms with van der Waals surface area (Å²) >= 11 is 0. The molecule has 0 aromatic carbocycles. The number of aromatic nitrogens is 1. The third-order valence-corrected chi connectivity index (χ3v) is 5.92. The number of anilines is 1. The van der Waals surface area contributed by atoms with Gasteiger partial charge in [-0.1, -0.05) is 0 Å². The predicted molar refractivity (Wildman–Crippen MR) is 78.3 cm³/mol. The molecule has 0 amide bonds.